The molecule has 0 aliphatic carbocycles. The topological polar surface area (TPSA) is 56.7 Å². The van der Waals surface area contributed by atoms with Crippen molar-refractivity contribution in [3.05, 3.63) is 88.4 Å². The molecule has 0 bridgehead atoms. The van der Waals surface area contributed by atoms with Crippen LogP contribution in [0.15, 0.2) is 77.3 Å². The van der Waals surface area contributed by atoms with E-state index in [4.69, 9.17) is 16.7 Å². The maximum Gasteiger partial charge on any atom is 0.274 e. The summed E-state index contributed by atoms with van der Waals surface area (Å²) < 4.78 is 0. The van der Waals surface area contributed by atoms with E-state index in [0.717, 1.165) is 48.3 Å². The van der Waals surface area contributed by atoms with Crippen LogP contribution in [0.3, 0.4) is 0 Å². The third-order valence-electron chi connectivity index (χ3n) is 5.21. The molecule has 6 heteroatoms. The van der Waals surface area contributed by atoms with Crippen LogP contribution in [0.2, 0.25) is 5.02 Å². The van der Waals surface area contributed by atoms with Crippen LogP contribution in [0, 0.1) is 0 Å². The molecule has 0 radical (unpaired) electrons. The van der Waals surface area contributed by atoms with Crippen molar-refractivity contribution in [2.45, 2.75) is 32.6 Å². The van der Waals surface area contributed by atoms with Gasteiger partial charge in [0.2, 0.25) is 0 Å². The normalized spacial score (nSPS) is 19.9. The number of hydrogen-bond acceptors (Lipinski definition) is 4. The van der Waals surface area contributed by atoms with Crippen LogP contribution in [0.5, 0.6) is 0 Å². The largest absolute Gasteiger partial charge is 0.378 e. The number of para-hydroxylation sites is 1. The third-order valence-corrected chi connectivity index (χ3v) is 5.54. The number of fused-ring (bicyclic) bond motifs is 1. The first kappa shape index (κ1) is 20.2. The molecule has 5 nitrogen and oxygen atoms in total. The van der Waals surface area contributed by atoms with Gasteiger partial charge >= 0.3 is 0 Å². The van der Waals surface area contributed by atoms with Crippen molar-refractivity contribution in [2.24, 2.45) is 5.10 Å². The minimum absolute atomic E-state index is 0.151. The fraction of sp³-hybridized carbons (Fsp3) is 0.250. The molecule has 2 N–H and O–H groups in total. The Morgan fingerprint density at radius 3 is 2.90 bits per heavy atom. The molecule has 0 spiro atoms. The Balaban J connectivity index is 1.56. The summed E-state index contributed by atoms with van der Waals surface area (Å²) in [4.78, 5) is 12.9. The molecule has 2 aromatic carbocycles. The third kappa shape index (κ3) is 4.57. The number of amides is 1. The Hall–Kier alpha value is -3.05. The van der Waals surface area contributed by atoms with Gasteiger partial charge in [-0.1, -0.05) is 48.9 Å². The Morgan fingerprint density at radius 2 is 2.07 bits per heavy atom. The number of nitrogens with one attached hydrogen (secondary N) is 2. The molecule has 0 fully saturated rings. The zero-order valence-corrected chi connectivity index (χ0v) is 17.7. The van der Waals surface area contributed by atoms with E-state index < -0.39 is 0 Å². The van der Waals surface area contributed by atoms with Gasteiger partial charge in [-0.25, -0.2) is 0 Å². The lowest BCUT2D eigenvalue weighted by Crippen LogP contribution is -2.39. The van der Waals surface area contributed by atoms with E-state index in [1.165, 1.54) is 10.6 Å². The molecule has 2 aromatic rings. The number of benzene rings is 2. The smallest absolute Gasteiger partial charge is 0.274 e. The van der Waals surface area contributed by atoms with Crippen LogP contribution < -0.4 is 10.6 Å². The van der Waals surface area contributed by atoms with Crippen molar-refractivity contribution < 1.29 is 4.79 Å². The monoisotopic (exact) mass is 420 g/mol. The summed E-state index contributed by atoms with van der Waals surface area (Å²) in [5.74, 6) is 0.560. The van der Waals surface area contributed by atoms with Crippen LogP contribution in [-0.2, 0) is 11.2 Å². The highest BCUT2D eigenvalue weighted by molar-refractivity contribution is 6.33. The van der Waals surface area contributed by atoms with Gasteiger partial charge in [0.05, 0.1) is 23.0 Å². The molecule has 2 heterocycles. The highest BCUT2D eigenvalue weighted by atomic mass is 35.5. The van der Waals surface area contributed by atoms with Gasteiger partial charge in [-0.2, -0.15) is 10.1 Å². The van der Waals surface area contributed by atoms with Gasteiger partial charge in [-0.15, -0.1) is 0 Å². The molecule has 0 aromatic heterocycles. The van der Waals surface area contributed by atoms with Crippen molar-refractivity contribution >= 4 is 28.9 Å². The number of nitrogens with zero attached hydrogens (tertiary/aromatic N) is 2. The number of aryl methyl sites for hydroxylation is 1. The second-order valence-corrected chi connectivity index (χ2v) is 7.77. The molecule has 2 aliphatic heterocycles. The fourth-order valence-corrected chi connectivity index (χ4v) is 3.77. The predicted molar refractivity (Wildman–Crippen MR) is 122 cm³/mol. The summed E-state index contributed by atoms with van der Waals surface area (Å²) >= 11 is 6.21. The van der Waals surface area contributed by atoms with Gasteiger partial charge in [-0.3, -0.25) is 4.79 Å². The zero-order chi connectivity index (χ0) is 20.9. The van der Waals surface area contributed by atoms with Crippen LogP contribution in [0.1, 0.15) is 37.3 Å². The molecule has 1 amide bonds. The van der Waals surface area contributed by atoms with Crippen LogP contribution in [0.25, 0.3) is 0 Å². The van der Waals surface area contributed by atoms with Crippen LogP contribution in [-0.4, -0.2) is 23.2 Å². The van der Waals surface area contributed by atoms with E-state index in [2.05, 4.69) is 41.8 Å². The Bertz CT molecular complexity index is 1040. The molecule has 0 saturated heterocycles. The molecular weight excluding hydrogens is 396 g/mol. The van der Waals surface area contributed by atoms with Crippen molar-refractivity contribution in [2.75, 3.05) is 11.9 Å². The van der Waals surface area contributed by atoms with E-state index in [1.54, 1.807) is 6.08 Å². The molecule has 2 aliphatic rings. The minimum atomic E-state index is -0.151. The molecular formula is C24H25ClN4O. The SMILES string of the molecule is CCc1cccc(/C2=N/N3C(=O)C=C(CNc4ccccc4Cl)N/C3=C/CCC2)c1. The number of carbonyl (C=O) groups excluding carboxylic acids is 1. The Labute approximate surface area is 182 Å². The van der Waals surface area contributed by atoms with Gasteiger partial charge < -0.3 is 10.6 Å². The summed E-state index contributed by atoms with van der Waals surface area (Å²) in [5.41, 5.74) is 4.91. The van der Waals surface area contributed by atoms with Crippen LogP contribution >= 0.6 is 11.6 Å². The highest BCUT2D eigenvalue weighted by Crippen LogP contribution is 2.23. The van der Waals surface area contributed by atoms with Gasteiger partial charge in [0.15, 0.2) is 0 Å². The first-order valence-electron chi connectivity index (χ1n) is 10.3. The van der Waals surface area contributed by atoms with Gasteiger partial charge in [0, 0.05) is 11.8 Å². The Kier molecular flexibility index (Phi) is 6.19. The number of halogens is 1. The second-order valence-electron chi connectivity index (χ2n) is 7.36. The lowest BCUT2D eigenvalue weighted by atomic mass is 10.0. The van der Waals surface area contributed by atoms with Gasteiger partial charge in [-0.05, 0) is 61.1 Å². The van der Waals surface area contributed by atoms with Crippen molar-refractivity contribution in [3.63, 3.8) is 0 Å². The quantitative estimate of drug-likeness (QED) is 0.710. The number of hydrogen-bond donors (Lipinski definition) is 2. The van der Waals surface area contributed by atoms with Gasteiger partial charge in [0.1, 0.15) is 5.82 Å². The summed E-state index contributed by atoms with van der Waals surface area (Å²) in [6.45, 7) is 2.61. The minimum Gasteiger partial charge on any atom is -0.378 e. The standard InChI is InChI=1S/C24H25ClN4O/c1-2-17-8-7-9-18(14-17)21-11-5-6-13-23-27-19(15-24(30)29(23)28-21)16-26-22-12-4-3-10-20(22)25/h3-4,7-10,12-15,26-27H,2,5-6,11,16H2,1H3/b23-13-,28-21+. The first-order chi connectivity index (χ1) is 14.6. The van der Waals surface area contributed by atoms with Crippen LogP contribution in [0.4, 0.5) is 5.69 Å². The lowest BCUT2D eigenvalue weighted by Gasteiger charge is -2.29. The van der Waals surface area contributed by atoms with E-state index in [9.17, 15) is 4.79 Å². The predicted octanol–water partition coefficient (Wildman–Crippen LogP) is 5.06. The summed E-state index contributed by atoms with van der Waals surface area (Å²) in [5, 5.41) is 13.5. The summed E-state index contributed by atoms with van der Waals surface area (Å²) in [6.07, 6.45) is 7.31. The van der Waals surface area contributed by atoms with E-state index in [0.29, 0.717) is 17.4 Å². The number of anilines is 1. The fourth-order valence-electron chi connectivity index (χ4n) is 3.57. The summed E-state index contributed by atoms with van der Waals surface area (Å²) in [6, 6.07) is 16.0. The maximum absolute atomic E-state index is 12.9. The number of hydrazone groups is 1. The average Bonchev–Trinajstić information content (AvgIpc) is 2.74. The zero-order valence-electron chi connectivity index (χ0n) is 17.0. The van der Waals surface area contributed by atoms with Crippen molar-refractivity contribution in [3.8, 4) is 0 Å². The number of carbonyl (C=O) groups is 1. The molecule has 154 valence electrons. The Morgan fingerprint density at radius 1 is 1.20 bits per heavy atom. The number of allylic oxidation sites excluding steroid dienone is 1. The van der Waals surface area contributed by atoms with E-state index >= 15 is 0 Å². The highest BCUT2D eigenvalue weighted by Gasteiger charge is 2.25. The van der Waals surface area contributed by atoms with Gasteiger partial charge in [0.25, 0.3) is 5.91 Å². The molecule has 0 unspecified atom stereocenters. The molecule has 30 heavy (non-hydrogen) atoms. The van der Waals surface area contributed by atoms with E-state index in [1.807, 2.05) is 30.3 Å². The van der Waals surface area contributed by atoms with Crippen molar-refractivity contribution in [1.82, 2.24) is 10.3 Å². The molecule has 0 saturated carbocycles. The summed E-state index contributed by atoms with van der Waals surface area (Å²) in [7, 11) is 0. The average molecular weight is 421 g/mol. The molecule has 0 atom stereocenters. The first-order valence-corrected chi connectivity index (χ1v) is 10.7. The second kappa shape index (κ2) is 9.18. The number of rotatable bonds is 5. The van der Waals surface area contributed by atoms with Crippen molar-refractivity contribution in [1.29, 1.82) is 0 Å². The van der Waals surface area contributed by atoms with E-state index in [-0.39, 0.29) is 5.91 Å². The maximum atomic E-state index is 12.9. The lowest BCUT2D eigenvalue weighted by molar-refractivity contribution is -0.125. The molecule has 4 rings (SSSR count).